The number of benzene rings is 2. The number of amides is 2. The van der Waals surface area contributed by atoms with Crippen molar-refractivity contribution in [3.63, 3.8) is 0 Å². The number of carbonyl (C=O) groups is 2. The van der Waals surface area contributed by atoms with Crippen molar-refractivity contribution >= 4 is 17.5 Å². The summed E-state index contributed by atoms with van der Waals surface area (Å²) >= 11 is 0. The number of aryl methyl sites for hydroxylation is 1. The summed E-state index contributed by atoms with van der Waals surface area (Å²) < 4.78 is 0. The van der Waals surface area contributed by atoms with Crippen LogP contribution in [0.25, 0.3) is 0 Å². The standard InChI is InChI=1S/C23H24N2O2/c26-22(16-5-6-16)24-18-10-7-17(8-11-18)23(27)25(19-12-13-19)21-14-9-15-3-1-2-4-20(15)21/h1-4,7-8,10-11,16,19,21H,5-6,9,12-14H2,(H,24,26)/t21-/m1/s1. The number of hydrogen-bond acceptors (Lipinski definition) is 2. The van der Waals surface area contributed by atoms with Crippen molar-refractivity contribution in [2.45, 2.75) is 50.6 Å². The van der Waals surface area contributed by atoms with Crippen LogP contribution in [0, 0.1) is 5.92 Å². The molecule has 4 nitrogen and oxygen atoms in total. The van der Waals surface area contributed by atoms with E-state index in [0.29, 0.717) is 11.6 Å². The molecule has 138 valence electrons. The van der Waals surface area contributed by atoms with Gasteiger partial charge in [0, 0.05) is 23.2 Å². The van der Waals surface area contributed by atoms with Gasteiger partial charge in [0.25, 0.3) is 5.91 Å². The normalized spacial score (nSPS) is 20.8. The molecule has 0 unspecified atom stereocenters. The molecule has 5 rings (SSSR count). The fourth-order valence-electron chi connectivity index (χ4n) is 4.17. The van der Waals surface area contributed by atoms with Crippen molar-refractivity contribution < 1.29 is 9.59 Å². The highest BCUT2D eigenvalue weighted by Gasteiger charge is 2.40. The molecule has 1 N–H and O–H groups in total. The molecule has 2 saturated carbocycles. The lowest BCUT2D eigenvalue weighted by Gasteiger charge is -2.30. The molecule has 2 fully saturated rings. The Morgan fingerprint density at radius 1 is 0.889 bits per heavy atom. The minimum Gasteiger partial charge on any atom is -0.329 e. The van der Waals surface area contributed by atoms with Gasteiger partial charge in [0.2, 0.25) is 5.91 Å². The molecule has 0 aliphatic heterocycles. The first-order valence-electron chi connectivity index (χ1n) is 10.0. The highest BCUT2D eigenvalue weighted by molar-refractivity contribution is 5.97. The minimum atomic E-state index is 0.0937. The van der Waals surface area contributed by atoms with Crippen LogP contribution in [-0.4, -0.2) is 22.8 Å². The molecular formula is C23H24N2O2. The zero-order valence-electron chi connectivity index (χ0n) is 15.4. The largest absolute Gasteiger partial charge is 0.329 e. The summed E-state index contributed by atoms with van der Waals surface area (Å²) in [6.07, 6.45) is 6.23. The Hall–Kier alpha value is -2.62. The zero-order valence-corrected chi connectivity index (χ0v) is 15.4. The van der Waals surface area contributed by atoms with Crippen LogP contribution in [0.3, 0.4) is 0 Å². The molecule has 0 heterocycles. The van der Waals surface area contributed by atoms with Crippen molar-refractivity contribution in [2.75, 3.05) is 5.32 Å². The average molecular weight is 360 g/mol. The summed E-state index contributed by atoms with van der Waals surface area (Å²) in [4.78, 5) is 27.3. The second-order valence-corrected chi connectivity index (χ2v) is 8.04. The molecule has 2 amide bonds. The maximum absolute atomic E-state index is 13.3. The third kappa shape index (κ3) is 3.25. The van der Waals surface area contributed by atoms with Gasteiger partial charge in [-0.2, -0.15) is 0 Å². The second kappa shape index (κ2) is 6.52. The first kappa shape index (κ1) is 16.5. The Balaban J connectivity index is 1.36. The van der Waals surface area contributed by atoms with Gasteiger partial charge in [-0.3, -0.25) is 9.59 Å². The topological polar surface area (TPSA) is 49.4 Å². The van der Waals surface area contributed by atoms with E-state index in [4.69, 9.17) is 0 Å². The molecule has 0 saturated heterocycles. The molecule has 3 aliphatic carbocycles. The van der Waals surface area contributed by atoms with E-state index in [-0.39, 0.29) is 23.8 Å². The van der Waals surface area contributed by atoms with Crippen LogP contribution in [0.1, 0.15) is 59.6 Å². The van der Waals surface area contributed by atoms with Gasteiger partial charge in [-0.05, 0) is 73.9 Å². The number of fused-ring (bicyclic) bond motifs is 1. The van der Waals surface area contributed by atoms with E-state index in [1.54, 1.807) is 0 Å². The van der Waals surface area contributed by atoms with Crippen LogP contribution < -0.4 is 5.32 Å². The molecule has 0 aromatic heterocycles. The quantitative estimate of drug-likeness (QED) is 0.863. The molecule has 4 heteroatoms. The Labute approximate surface area is 159 Å². The molecule has 1 atom stereocenters. The van der Waals surface area contributed by atoms with Gasteiger partial charge in [0.15, 0.2) is 0 Å². The Morgan fingerprint density at radius 3 is 2.33 bits per heavy atom. The van der Waals surface area contributed by atoms with Gasteiger partial charge in [-0.15, -0.1) is 0 Å². The highest BCUT2D eigenvalue weighted by Crippen LogP contribution is 2.42. The van der Waals surface area contributed by atoms with Gasteiger partial charge < -0.3 is 10.2 Å². The summed E-state index contributed by atoms with van der Waals surface area (Å²) in [5.74, 6) is 0.384. The molecule has 0 spiro atoms. The average Bonchev–Trinajstić information content (AvgIpc) is 3.60. The van der Waals surface area contributed by atoms with Gasteiger partial charge >= 0.3 is 0 Å². The van der Waals surface area contributed by atoms with Crippen LogP contribution in [0.2, 0.25) is 0 Å². The Kier molecular flexibility index (Phi) is 4.00. The van der Waals surface area contributed by atoms with Crippen molar-refractivity contribution in [3.8, 4) is 0 Å². The van der Waals surface area contributed by atoms with Crippen molar-refractivity contribution in [2.24, 2.45) is 5.92 Å². The molecule has 27 heavy (non-hydrogen) atoms. The van der Waals surface area contributed by atoms with E-state index in [1.807, 2.05) is 24.3 Å². The zero-order chi connectivity index (χ0) is 18.4. The van der Waals surface area contributed by atoms with E-state index in [9.17, 15) is 9.59 Å². The highest BCUT2D eigenvalue weighted by atomic mass is 16.2. The van der Waals surface area contributed by atoms with Gasteiger partial charge in [-0.25, -0.2) is 0 Å². The van der Waals surface area contributed by atoms with Crippen LogP contribution in [0.5, 0.6) is 0 Å². The number of nitrogens with zero attached hydrogens (tertiary/aromatic N) is 1. The molecule has 0 radical (unpaired) electrons. The van der Waals surface area contributed by atoms with Crippen LogP contribution >= 0.6 is 0 Å². The Bertz CT molecular complexity index is 882. The third-order valence-electron chi connectivity index (χ3n) is 5.96. The number of anilines is 1. The lowest BCUT2D eigenvalue weighted by atomic mass is 10.0. The molecular weight excluding hydrogens is 336 g/mol. The lowest BCUT2D eigenvalue weighted by molar-refractivity contribution is -0.117. The number of rotatable bonds is 5. The number of hydrogen-bond donors (Lipinski definition) is 1. The van der Waals surface area contributed by atoms with Crippen LogP contribution in [-0.2, 0) is 11.2 Å². The third-order valence-corrected chi connectivity index (χ3v) is 5.96. The number of nitrogens with one attached hydrogen (secondary N) is 1. The first-order valence-corrected chi connectivity index (χ1v) is 10.0. The first-order chi connectivity index (χ1) is 13.2. The molecule has 0 bridgehead atoms. The summed E-state index contributed by atoms with van der Waals surface area (Å²) in [5, 5.41) is 2.94. The molecule has 2 aromatic carbocycles. The maximum Gasteiger partial charge on any atom is 0.254 e. The summed E-state index contributed by atoms with van der Waals surface area (Å²) in [5.41, 5.74) is 4.16. The Morgan fingerprint density at radius 2 is 1.63 bits per heavy atom. The van der Waals surface area contributed by atoms with Crippen molar-refractivity contribution in [3.05, 3.63) is 65.2 Å². The fourth-order valence-corrected chi connectivity index (χ4v) is 4.17. The lowest BCUT2D eigenvalue weighted by Crippen LogP contribution is -2.36. The van der Waals surface area contributed by atoms with E-state index >= 15 is 0 Å². The summed E-state index contributed by atoms with van der Waals surface area (Å²) in [7, 11) is 0. The number of carbonyl (C=O) groups excluding carboxylic acids is 2. The SMILES string of the molecule is O=C(Nc1ccc(C(=O)N(C2CC2)[C@@H]2CCc3ccccc32)cc1)C1CC1. The van der Waals surface area contributed by atoms with E-state index in [2.05, 4.69) is 34.5 Å². The smallest absolute Gasteiger partial charge is 0.254 e. The van der Waals surface area contributed by atoms with E-state index < -0.39 is 0 Å². The second-order valence-electron chi connectivity index (χ2n) is 8.04. The van der Waals surface area contributed by atoms with Crippen molar-refractivity contribution in [1.29, 1.82) is 0 Å². The van der Waals surface area contributed by atoms with Gasteiger partial charge in [0.05, 0.1) is 6.04 Å². The van der Waals surface area contributed by atoms with Crippen LogP contribution in [0.4, 0.5) is 5.69 Å². The van der Waals surface area contributed by atoms with E-state index in [1.165, 1.54) is 11.1 Å². The van der Waals surface area contributed by atoms with E-state index in [0.717, 1.165) is 44.2 Å². The van der Waals surface area contributed by atoms with Gasteiger partial charge in [-0.1, -0.05) is 24.3 Å². The van der Waals surface area contributed by atoms with Gasteiger partial charge in [0.1, 0.15) is 0 Å². The maximum atomic E-state index is 13.3. The fraction of sp³-hybridized carbons (Fsp3) is 0.391. The predicted molar refractivity (Wildman–Crippen MR) is 104 cm³/mol. The molecule has 3 aliphatic rings. The van der Waals surface area contributed by atoms with Crippen LogP contribution in [0.15, 0.2) is 48.5 Å². The molecule has 2 aromatic rings. The summed E-state index contributed by atoms with van der Waals surface area (Å²) in [6.45, 7) is 0. The summed E-state index contributed by atoms with van der Waals surface area (Å²) in [6, 6.07) is 16.5. The minimum absolute atomic E-state index is 0.0937. The van der Waals surface area contributed by atoms with Crippen molar-refractivity contribution in [1.82, 2.24) is 4.90 Å². The predicted octanol–water partition coefficient (Wildman–Crippen LogP) is 4.33. The monoisotopic (exact) mass is 360 g/mol.